The minimum absolute atomic E-state index is 0.0322. The molecule has 0 bridgehead atoms. The van der Waals surface area contributed by atoms with Crippen molar-refractivity contribution in [3.8, 4) is 0 Å². The zero-order valence-corrected chi connectivity index (χ0v) is 26.6. The summed E-state index contributed by atoms with van der Waals surface area (Å²) in [5, 5.41) is 10.5. The van der Waals surface area contributed by atoms with Crippen molar-refractivity contribution in [1.29, 1.82) is 0 Å². The molecule has 0 aromatic heterocycles. The Labute approximate surface area is 275 Å². The number of hydrogen-bond donors (Lipinski definition) is 3. The highest BCUT2D eigenvalue weighted by atomic mass is 35.5. The van der Waals surface area contributed by atoms with Gasteiger partial charge >= 0.3 is 5.97 Å². The third-order valence-corrected chi connectivity index (χ3v) is 9.83. The summed E-state index contributed by atoms with van der Waals surface area (Å²) in [6.45, 7) is 3.18. The van der Waals surface area contributed by atoms with Crippen LogP contribution < -0.4 is 10.2 Å². The van der Waals surface area contributed by atoms with Crippen LogP contribution in [0.15, 0.2) is 72.7 Å². The zero-order chi connectivity index (χ0) is 33.2. The number of carboxylic acids is 1. The Bertz CT molecular complexity index is 1810. The molecule has 2 aliphatic rings. The predicted molar refractivity (Wildman–Crippen MR) is 169 cm³/mol. The zero-order valence-electron chi connectivity index (χ0n) is 24.3. The summed E-state index contributed by atoms with van der Waals surface area (Å²) < 4.78 is 42.6. The summed E-state index contributed by atoms with van der Waals surface area (Å²) in [5.41, 5.74) is 3.37. The number of aromatic carboxylic acids is 1. The normalized spacial score (nSPS) is 21.4. The van der Waals surface area contributed by atoms with E-state index in [9.17, 15) is 32.3 Å². The van der Waals surface area contributed by atoms with E-state index in [1.807, 2.05) is 0 Å². The summed E-state index contributed by atoms with van der Waals surface area (Å²) in [7, 11) is -3.90. The van der Waals surface area contributed by atoms with E-state index in [-0.39, 0.29) is 28.3 Å². The number of nitrogens with one attached hydrogen (secondary N) is 2. The first kappa shape index (κ1) is 33.6. The first-order valence-corrected chi connectivity index (χ1v) is 16.7. The maximum atomic E-state index is 14.8. The van der Waals surface area contributed by atoms with Gasteiger partial charge in [-0.25, -0.2) is 27.8 Å². The SMILES string of the molecule is C=CS(=O)(=O)N[C@H]1CCCC[C@@H]1N1C(=O)c2ccc(F)cc2[C@@H](C(=O)NOCc2cccc(C(=O)O)c2)[C@@H]1c1ccc(Cl)cc1Cl. The summed E-state index contributed by atoms with van der Waals surface area (Å²) in [4.78, 5) is 46.8. The minimum atomic E-state index is -3.90. The third-order valence-electron chi connectivity index (χ3n) is 8.20. The van der Waals surface area contributed by atoms with Crippen LogP contribution in [0, 0.1) is 5.82 Å². The van der Waals surface area contributed by atoms with E-state index in [0.29, 0.717) is 41.8 Å². The molecule has 3 N–H and O–H groups in total. The van der Waals surface area contributed by atoms with Gasteiger partial charge in [0.25, 0.3) is 11.8 Å². The van der Waals surface area contributed by atoms with Gasteiger partial charge in [0.05, 0.1) is 24.1 Å². The number of nitrogens with zero attached hydrogens (tertiary/aromatic N) is 1. The fraction of sp³-hybridized carbons (Fsp3) is 0.281. The fourth-order valence-electron chi connectivity index (χ4n) is 6.18. The maximum Gasteiger partial charge on any atom is 0.335 e. The quantitative estimate of drug-likeness (QED) is 0.231. The lowest BCUT2D eigenvalue weighted by Crippen LogP contribution is -2.59. The summed E-state index contributed by atoms with van der Waals surface area (Å²) in [6.07, 6.45) is 2.18. The van der Waals surface area contributed by atoms with E-state index in [2.05, 4.69) is 16.8 Å². The van der Waals surface area contributed by atoms with Gasteiger partial charge in [0.2, 0.25) is 10.0 Å². The Morgan fingerprint density at radius 1 is 1.07 bits per heavy atom. The maximum absolute atomic E-state index is 14.8. The lowest BCUT2D eigenvalue weighted by atomic mass is 9.76. The third kappa shape index (κ3) is 7.11. The number of benzene rings is 3. The molecule has 0 saturated heterocycles. The molecule has 0 radical (unpaired) electrons. The average molecular weight is 691 g/mol. The second-order valence-electron chi connectivity index (χ2n) is 11.1. The van der Waals surface area contributed by atoms with E-state index in [4.69, 9.17) is 28.0 Å². The van der Waals surface area contributed by atoms with Crippen molar-refractivity contribution in [2.24, 2.45) is 0 Å². The highest BCUT2D eigenvalue weighted by Gasteiger charge is 2.49. The molecule has 242 valence electrons. The number of sulfonamides is 1. The summed E-state index contributed by atoms with van der Waals surface area (Å²) >= 11 is 12.9. The molecular formula is C32H30Cl2FN3O7S. The molecule has 2 amide bonds. The van der Waals surface area contributed by atoms with E-state index >= 15 is 0 Å². The van der Waals surface area contributed by atoms with Gasteiger partial charge in [0.15, 0.2) is 0 Å². The van der Waals surface area contributed by atoms with Crippen LogP contribution in [0.2, 0.25) is 10.0 Å². The van der Waals surface area contributed by atoms with Crippen LogP contribution in [0.25, 0.3) is 0 Å². The van der Waals surface area contributed by atoms with Gasteiger partial charge in [-0.2, -0.15) is 0 Å². The van der Waals surface area contributed by atoms with Crippen molar-refractivity contribution in [1.82, 2.24) is 15.1 Å². The van der Waals surface area contributed by atoms with E-state index in [0.717, 1.165) is 17.5 Å². The molecule has 3 aromatic rings. The lowest BCUT2D eigenvalue weighted by Gasteiger charge is -2.49. The number of amides is 2. The van der Waals surface area contributed by atoms with Crippen LogP contribution in [0.3, 0.4) is 0 Å². The molecule has 0 unspecified atom stereocenters. The summed E-state index contributed by atoms with van der Waals surface area (Å²) in [6, 6.07) is 11.5. The van der Waals surface area contributed by atoms with Crippen LogP contribution in [-0.2, 0) is 26.3 Å². The molecule has 5 rings (SSSR count). The molecule has 46 heavy (non-hydrogen) atoms. The second-order valence-corrected chi connectivity index (χ2v) is 13.6. The van der Waals surface area contributed by atoms with Crippen LogP contribution >= 0.6 is 23.2 Å². The molecule has 1 heterocycles. The standard InChI is InChI=1S/C32H30Cl2FN3O7S/c1-2-46(43,44)37-26-8-3-4-9-27(26)38-29(23-12-10-20(33)15-25(23)34)28(24-16-21(35)11-13-22(24)31(38)40)30(39)36-45-17-18-6-5-7-19(14-18)32(41)42/h2,5-7,10-16,26-29,37H,1,3-4,8-9,17H2,(H,36,39)(H,41,42)/t26-,27-,28+,29-/m0/s1. The van der Waals surface area contributed by atoms with Crippen molar-refractivity contribution in [3.63, 3.8) is 0 Å². The second kappa shape index (κ2) is 13.9. The average Bonchev–Trinajstić information content (AvgIpc) is 3.01. The van der Waals surface area contributed by atoms with Crippen molar-refractivity contribution in [3.05, 3.63) is 116 Å². The highest BCUT2D eigenvalue weighted by molar-refractivity contribution is 7.92. The molecule has 4 atom stereocenters. The Kier molecular flexibility index (Phi) is 10.1. The number of hydroxylamine groups is 1. The molecule has 1 saturated carbocycles. The number of rotatable bonds is 10. The fourth-order valence-corrected chi connectivity index (χ4v) is 7.50. The van der Waals surface area contributed by atoms with Gasteiger partial charge in [-0.3, -0.25) is 14.4 Å². The number of carbonyl (C=O) groups is 3. The van der Waals surface area contributed by atoms with Crippen molar-refractivity contribution >= 4 is 51.0 Å². The number of fused-ring (bicyclic) bond motifs is 1. The molecular weight excluding hydrogens is 660 g/mol. The molecule has 10 nitrogen and oxygen atoms in total. The van der Waals surface area contributed by atoms with Gasteiger partial charge in [-0.05, 0) is 72.0 Å². The van der Waals surface area contributed by atoms with Gasteiger partial charge in [0, 0.05) is 33.1 Å². The van der Waals surface area contributed by atoms with Gasteiger partial charge < -0.3 is 10.0 Å². The molecule has 1 aliphatic heterocycles. The predicted octanol–water partition coefficient (Wildman–Crippen LogP) is 5.73. The van der Waals surface area contributed by atoms with Crippen LogP contribution in [0.1, 0.15) is 75.0 Å². The van der Waals surface area contributed by atoms with Crippen molar-refractivity contribution in [2.45, 2.75) is 56.3 Å². The van der Waals surface area contributed by atoms with Gasteiger partial charge in [0.1, 0.15) is 5.82 Å². The topological polar surface area (TPSA) is 142 Å². The largest absolute Gasteiger partial charge is 0.478 e. The first-order valence-electron chi connectivity index (χ1n) is 14.4. The van der Waals surface area contributed by atoms with Crippen molar-refractivity contribution in [2.75, 3.05) is 0 Å². The molecule has 1 aliphatic carbocycles. The van der Waals surface area contributed by atoms with Crippen molar-refractivity contribution < 1.29 is 37.1 Å². The van der Waals surface area contributed by atoms with Crippen LogP contribution in [0.5, 0.6) is 0 Å². The van der Waals surface area contributed by atoms with E-state index in [1.54, 1.807) is 18.2 Å². The number of hydrogen-bond acceptors (Lipinski definition) is 6. The number of carbonyl (C=O) groups excluding carboxylic acids is 2. The number of carboxylic acid groups (broad SMARTS) is 1. The van der Waals surface area contributed by atoms with Crippen LogP contribution in [0.4, 0.5) is 4.39 Å². The lowest BCUT2D eigenvalue weighted by molar-refractivity contribution is -0.138. The summed E-state index contributed by atoms with van der Waals surface area (Å²) in [5.74, 6) is -4.36. The molecule has 1 fully saturated rings. The molecule has 0 spiro atoms. The Morgan fingerprint density at radius 3 is 2.54 bits per heavy atom. The first-order chi connectivity index (χ1) is 21.9. The van der Waals surface area contributed by atoms with E-state index in [1.165, 1.54) is 35.2 Å². The smallest absolute Gasteiger partial charge is 0.335 e. The number of halogens is 3. The minimum Gasteiger partial charge on any atom is -0.478 e. The van der Waals surface area contributed by atoms with Crippen LogP contribution in [-0.4, -0.2) is 48.3 Å². The Hall–Kier alpha value is -3.81. The molecule has 3 aromatic carbocycles. The van der Waals surface area contributed by atoms with E-state index < -0.39 is 57.7 Å². The highest BCUT2D eigenvalue weighted by Crippen LogP contribution is 2.48. The Balaban J connectivity index is 1.59. The molecule has 14 heteroatoms. The van der Waals surface area contributed by atoms with Gasteiger partial charge in [-0.1, -0.05) is 60.8 Å². The monoisotopic (exact) mass is 689 g/mol. The van der Waals surface area contributed by atoms with Gasteiger partial charge in [-0.15, -0.1) is 0 Å². The Morgan fingerprint density at radius 2 is 1.83 bits per heavy atom.